The largest absolute Gasteiger partial charge is 0.471 e. The molecule has 0 spiro atoms. The maximum Gasteiger partial charge on any atom is 0.471 e. The molecule has 1 heterocycles. The molecule has 1 aromatic carbocycles. The van der Waals surface area contributed by atoms with Crippen molar-refractivity contribution in [2.45, 2.75) is 19.1 Å². The third-order valence-corrected chi connectivity index (χ3v) is 2.73. The molecular formula is C13H9F3N4O3. The van der Waals surface area contributed by atoms with Crippen molar-refractivity contribution in [1.29, 1.82) is 5.26 Å². The van der Waals surface area contributed by atoms with Gasteiger partial charge in [0.05, 0.1) is 12.6 Å². The molecule has 120 valence electrons. The second-order valence-electron chi connectivity index (χ2n) is 4.40. The molecule has 0 unspecified atom stereocenters. The number of benzene rings is 1. The SMILES string of the molecule is N#CCC(=O)N(O)Cc1ccc(-c2noc(C(F)(F)F)n2)cc1. The van der Waals surface area contributed by atoms with Crippen LogP contribution in [0.5, 0.6) is 0 Å². The average molecular weight is 326 g/mol. The Hall–Kier alpha value is -2.93. The molecular weight excluding hydrogens is 317 g/mol. The number of carbonyl (C=O) groups is 1. The number of hydrogen-bond acceptors (Lipinski definition) is 6. The summed E-state index contributed by atoms with van der Waals surface area (Å²) in [6.45, 7) is -0.166. The van der Waals surface area contributed by atoms with Gasteiger partial charge in [-0.05, 0) is 5.56 Å². The van der Waals surface area contributed by atoms with Crippen LogP contribution in [0.1, 0.15) is 17.9 Å². The van der Waals surface area contributed by atoms with Gasteiger partial charge in [-0.25, -0.2) is 5.06 Å². The lowest BCUT2D eigenvalue weighted by Crippen LogP contribution is -2.26. The third-order valence-electron chi connectivity index (χ3n) is 2.73. The van der Waals surface area contributed by atoms with E-state index in [-0.39, 0.29) is 17.9 Å². The number of carbonyl (C=O) groups excluding carboxylic acids is 1. The van der Waals surface area contributed by atoms with Gasteiger partial charge in [-0.2, -0.15) is 23.4 Å². The van der Waals surface area contributed by atoms with Gasteiger partial charge in [0.15, 0.2) is 0 Å². The van der Waals surface area contributed by atoms with Gasteiger partial charge in [0.1, 0.15) is 6.42 Å². The highest BCUT2D eigenvalue weighted by Crippen LogP contribution is 2.29. The van der Waals surface area contributed by atoms with Crippen molar-refractivity contribution in [3.63, 3.8) is 0 Å². The topological polar surface area (TPSA) is 103 Å². The normalized spacial score (nSPS) is 11.1. The Labute approximate surface area is 127 Å². The molecule has 0 bridgehead atoms. The predicted octanol–water partition coefficient (Wildman–Crippen LogP) is 2.39. The molecule has 0 atom stereocenters. The Kier molecular flexibility index (Phi) is 4.61. The van der Waals surface area contributed by atoms with Crippen LogP contribution in [0.3, 0.4) is 0 Å². The Morgan fingerprint density at radius 1 is 1.35 bits per heavy atom. The highest BCUT2D eigenvalue weighted by molar-refractivity contribution is 5.77. The summed E-state index contributed by atoms with van der Waals surface area (Å²) in [5, 5.41) is 21.4. The van der Waals surface area contributed by atoms with Gasteiger partial charge < -0.3 is 4.52 Å². The van der Waals surface area contributed by atoms with Crippen molar-refractivity contribution in [2.75, 3.05) is 0 Å². The Morgan fingerprint density at radius 2 is 2.00 bits per heavy atom. The summed E-state index contributed by atoms with van der Waals surface area (Å²) in [6.07, 6.45) is -5.18. The monoisotopic (exact) mass is 326 g/mol. The molecule has 0 fully saturated rings. The number of aromatic nitrogens is 2. The van der Waals surface area contributed by atoms with E-state index in [1.165, 1.54) is 24.3 Å². The average Bonchev–Trinajstić information content (AvgIpc) is 2.98. The summed E-state index contributed by atoms with van der Waals surface area (Å²) in [5.41, 5.74) is 0.780. The van der Waals surface area contributed by atoms with Gasteiger partial charge in [-0.15, -0.1) is 0 Å². The maximum absolute atomic E-state index is 12.4. The number of alkyl halides is 3. The van der Waals surface area contributed by atoms with Crippen LogP contribution in [-0.2, 0) is 17.5 Å². The molecule has 0 aliphatic heterocycles. The van der Waals surface area contributed by atoms with Crippen LogP contribution >= 0.6 is 0 Å². The molecule has 1 amide bonds. The first kappa shape index (κ1) is 16.4. The number of nitriles is 1. The van der Waals surface area contributed by atoms with E-state index in [2.05, 4.69) is 14.7 Å². The van der Waals surface area contributed by atoms with Crippen LogP contribution < -0.4 is 0 Å². The van der Waals surface area contributed by atoms with Crippen LogP contribution in [0.25, 0.3) is 11.4 Å². The van der Waals surface area contributed by atoms with E-state index in [0.29, 0.717) is 10.6 Å². The van der Waals surface area contributed by atoms with Crippen molar-refractivity contribution in [2.24, 2.45) is 0 Å². The lowest BCUT2D eigenvalue weighted by Gasteiger charge is -2.13. The van der Waals surface area contributed by atoms with E-state index in [4.69, 9.17) is 5.26 Å². The van der Waals surface area contributed by atoms with Crippen LogP contribution in [0, 0.1) is 11.3 Å². The summed E-state index contributed by atoms with van der Waals surface area (Å²) in [6, 6.07) is 7.40. The van der Waals surface area contributed by atoms with E-state index < -0.39 is 24.4 Å². The number of amides is 1. The zero-order valence-electron chi connectivity index (χ0n) is 11.4. The highest BCUT2D eigenvalue weighted by atomic mass is 19.4. The lowest BCUT2D eigenvalue weighted by molar-refractivity contribution is -0.166. The number of rotatable bonds is 4. The van der Waals surface area contributed by atoms with E-state index in [1.807, 2.05) is 0 Å². The van der Waals surface area contributed by atoms with Crippen molar-refractivity contribution < 1.29 is 27.7 Å². The van der Waals surface area contributed by atoms with Gasteiger partial charge in [-0.3, -0.25) is 10.0 Å². The molecule has 0 saturated heterocycles. The molecule has 2 rings (SSSR count). The van der Waals surface area contributed by atoms with Crippen molar-refractivity contribution >= 4 is 5.91 Å². The molecule has 0 radical (unpaired) electrons. The Balaban J connectivity index is 2.09. The highest BCUT2D eigenvalue weighted by Gasteiger charge is 2.38. The zero-order valence-corrected chi connectivity index (χ0v) is 11.4. The Bertz CT molecular complexity index is 734. The fraction of sp³-hybridized carbons (Fsp3) is 0.231. The standard InChI is InChI=1S/C13H9F3N4O3/c14-13(15,16)12-18-11(19-23-12)9-3-1-8(2-4-9)7-20(22)10(21)5-6-17/h1-4,22H,5,7H2. The fourth-order valence-electron chi connectivity index (χ4n) is 1.64. The van der Waals surface area contributed by atoms with E-state index in [9.17, 15) is 23.2 Å². The molecule has 23 heavy (non-hydrogen) atoms. The molecule has 2 aromatic rings. The molecule has 10 heteroatoms. The first-order valence-electron chi connectivity index (χ1n) is 6.17. The quantitative estimate of drug-likeness (QED) is 0.683. The smallest absolute Gasteiger partial charge is 0.329 e. The van der Waals surface area contributed by atoms with Crippen LogP contribution in [-0.4, -0.2) is 26.3 Å². The minimum absolute atomic E-state index is 0.166. The second-order valence-corrected chi connectivity index (χ2v) is 4.40. The van der Waals surface area contributed by atoms with E-state index in [0.717, 1.165) is 0 Å². The maximum atomic E-state index is 12.4. The molecule has 1 aromatic heterocycles. The van der Waals surface area contributed by atoms with Gasteiger partial charge in [0.2, 0.25) is 5.82 Å². The molecule has 7 nitrogen and oxygen atoms in total. The lowest BCUT2D eigenvalue weighted by atomic mass is 10.1. The van der Waals surface area contributed by atoms with Crippen LogP contribution in [0.4, 0.5) is 13.2 Å². The van der Waals surface area contributed by atoms with Crippen LogP contribution in [0.15, 0.2) is 28.8 Å². The third kappa shape index (κ3) is 4.04. The summed E-state index contributed by atoms with van der Waals surface area (Å²) in [7, 11) is 0. The zero-order chi connectivity index (χ0) is 17.0. The van der Waals surface area contributed by atoms with E-state index >= 15 is 0 Å². The first-order chi connectivity index (χ1) is 10.8. The van der Waals surface area contributed by atoms with Crippen molar-refractivity contribution in [3.05, 3.63) is 35.7 Å². The van der Waals surface area contributed by atoms with Crippen molar-refractivity contribution in [3.8, 4) is 17.5 Å². The predicted molar refractivity (Wildman–Crippen MR) is 67.3 cm³/mol. The molecule has 0 aliphatic rings. The minimum Gasteiger partial charge on any atom is -0.329 e. The van der Waals surface area contributed by atoms with Gasteiger partial charge in [0, 0.05) is 5.56 Å². The fourth-order valence-corrected chi connectivity index (χ4v) is 1.64. The minimum atomic E-state index is -4.72. The second kappa shape index (κ2) is 6.45. The number of halogens is 3. The summed E-state index contributed by atoms with van der Waals surface area (Å²) < 4.78 is 41.3. The van der Waals surface area contributed by atoms with Crippen molar-refractivity contribution in [1.82, 2.24) is 15.2 Å². The summed E-state index contributed by atoms with van der Waals surface area (Å²) in [4.78, 5) is 14.5. The number of nitrogens with zero attached hydrogens (tertiary/aromatic N) is 4. The van der Waals surface area contributed by atoms with Gasteiger partial charge in [0.25, 0.3) is 5.91 Å². The summed E-state index contributed by atoms with van der Waals surface area (Å²) >= 11 is 0. The molecule has 0 saturated carbocycles. The molecule has 1 N–H and O–H groups in total. The van der Waals surface area contributed by atoms with Crippen LogP contribution in [0.2, 0.25) is 0 Å². The first-order valence-corrected chi connectivity index (χ1v) is 6.17. The molecule has 0 aliphatic carbocycles. The number of hydroxylamine groups is 2. The Morgan fingerprint density at radius 3 is 2.52 bits per heavy atom. The van der Waals surface area contributed by atoms with E-state index in [1.54, 1.807) is 6.07 Å². The number of hydrogen-bond donors (Lipinski definition) is 1. The van der Waals surface area contributed by atoms with Gasteiger partial charge in [-0.1, -0.05) is 29.4 Å². The van der Waals surface area contributed by atoms with Gasteiger partial charge >= 0.3 is 12.1 Å². The summed E-state index contributed by atoms with van der Waals surface area (Å²) in [5.74, 6) is -2.44.